The molecule has 4 heteroatoms. The van der Waals surface area contributed by atoms with Gasteiger partial charge in [-0.05, 0) is 18.8 Å². The van der Waals surface area contributed by atoms with E-state index in [1.54, 1.807) is 11.3 Å². The first-order valence-corrected chi connectivity index (χ1v) is 7.46. The molecule has 0 aliphatic heterocycles. The lowest BCUT2D eigenvalue weighted by atomic mass is 10.1. The topological polar surface area (TPSA) is 36.4 Å². The van der Waals surface area contributed by atoms with Crippen LogP contribution in [0.4, 0.5) is 5.13 Å². The van der Waals surface area contributed by atoms with Crippen LogP contribution in [0.25, 0.3) is 11.3 Å². The van der Waals surface area contributed by atoms with Crippen molar-refractivity contribution in [3.63, 3.8) is 0 Å². The van der Waals surface area contributed by atoms with Crippen LogP contribution in [0.5, 0.6) is 0 Å². The zero-order valence-electron chi connectivity index (χ0n) is 11.0. The van der Waals surface area contributed by atoms with Crippen molar-refractivity contribution in [1.82, 2.24) is 4.98 Å². The maximum absolute atomic E-state index is 9.52. The largest absolute Gasteiger partial charge is 0.391 e. The van der Waals surface area contributed by atoms with Crippen molar-refractivity contribution in [3.8, 4) is 11.3 Å². The van der Waals surface area contributed by atoms with Gasteiger partial charge in [-0.25, -0.2) is 4.98 Å². The summed E-state index contributed by atoms with van der Waals surface area (Å²) < 4.78 is 0. The first-order valence-electron chi connectivity index (χ1n) is 6.65. The highest BCUT2D eigenvalue weighted by Crippen LogP contribution is 2.35. The van der Waals surface area contributed by atoms with Crippen molar-refractivity contribution in [2.45, 2.75) is 19.4 Å². The highest BCUT2D eigenvalue weighted by Gasteiger charge is 2.24. The van der Waals surface area contributed by atoms with Crippen molar-refractivity contribution >= 4 is 16.5 Å². The van der Waals surface area contributed by atoms with Gasteiger partial charge < -0.3 is 10.0 Å². The molecular formula is C15H18N2OS. The van der Waals surface area contributed by atoms with E-state index < -0.39 is 0 Å². The third-order valence-electron chi connectivity index (χ3n) is 3.43. The number of nitrogens with zero attached hydrogens (tertiary/aromatic N) is 2. The lowest BCUT2D eigenvalue weighted by molar-refractivity contribution is 0.286. The van der Waals surface area contributed by atoms with Crippen LogP contribution < -0.4 is 4.90 Å². The predicted octanol–water partition coefficient (Wildman–Crippen LogP) is 3.15. The molecular weight excluding hydrogens is 256 g/mol. The van der Waals surface area contributed by atoms with Gasteiger partial charge in [0.1, 0.15) is 0 Å². The minimum Gasteiger partial charge on any atom is -0.391 e. The molecule has 1 saturated carbocycles. The van der Waals surface area contributed by atoms with E-state index in [-0.39, 0.29) is 6.61 Å². The van der Waals surface area contributed by atoms with Crippen LogP contribution >= 0.6 is 11.3 Å². The molecule has 100 valence electrons. The first-order chi connectivity index (χ1) is 9.28. The summed E-state index contributed by atoms with van der Waals surface area (Å²) in [5.74, 6) is 0.839. The summed E-state index contributed by atoms with van der Waals surface area (Å²) in [5, 5.41) is 10.5. The zero-order chi connectivity index (χ0) is 13.2. The lowest BCUT2D eigenvalue weighted by Crippen LogP contribution is -2.19. The lowest BCUT2D eigenvalue weighted by Gasteiger charge is -2.14. The van der Waals surface area contributed by atoms with Gasteiger partial charge in [-0.2, -0.15) is 0 Å². The number of hydrogen-bond acceptors (Lipinski definition) is 4. The van der Waals surface area contributed by atoms with Gasteiger partial charge in [0.25, 0.3) is 0 Å². The second-order valence-electron chi connectivity index (χ2n) is 5.12. The second kappa shape index (κ2) is 5.31. The van der Waals surface area contributed by atoms with Crippen molar-refractivity contribution in [2.24, 2.45) is 5.92 Å². The van der Waals surface area contributed by atoms with Gasteiger partial charge in [0, 0.05) is 19.2 Å². The highest BCUT2D eigenvalue weighted by molar-refractivity contribution is 7.16. The Hall–Kier alpha value is -1.39. The average Bonchev–Trinajstić information content (AvgIpc) is 3.15. The molecule has 19 heavy (non-hydrogen) atoms. The molecule has 0 spiro atoms. The molecule has 1 aromatic carbocycles. The van der Waals surface area contributed by atoms with E-state index in [4.69, 9.17) is 4.98 Å². The van der Waals surface area contributed by atoms with Crippen LogP contribution in [0.3, 0.4) is 0 Å². The van der Waals surface area contributed by atoms with E-state index in [2.05, 4.69) is 11.9 Å². The Morgan fingerprint density at radius 2 is 2.05 bits per heavy atom. The molecule has 1 N–H and O–H groups in total. The summed E-state index contributed by atoms with van der Waals surface area (Å²) in [6.07, 6.45) is 2.68. The van der Waals surface area contributed by atoms with E-state index in [1.165, 1.54) is 12.8 Å². The third kappa shape index (κ3) is 2.80. The van der Waals surface area contributed by atoms with E-state index in [0.717, 1.165) is 33.7 Å². The molecule has 0 atom stereocenters. The van der Waals surface area contributed by atoms with Gasteiger partial charge in [-0.3, -0.25) is 0 Å². The Kier molecular flexibility index (Phi) is 3.53. The summed E-state index contributed by atoms with van der Waals surface area (Å²) in [6.45, 7) is 1.13. The van der Waals surface area contributed by atoms with Gasteiger partial charge >= 0.3 is 0 Å². The van der Waals surface area contributed by atoms with Crippen LogP contribution in [0.1, 0.15) is 17.7 Å². The molecule has 0 saturated heterocycles. The molecule has 1 fully saturated rings. The average molecular weight is 274 g/mol. The van der Waals surface area contributed by atoms with Gasteiger partial charge in [-0.15, -0.1) is 0 Å². The summed E-state index contributed by atoms with van der Waals surface area (Å²) in [4.78, 5) is 7.88. The number of hydrogen-bond donors (Lipinski definition) is 1. The minimum absolute atomic E-state index is 0.0547. The van der Waals surface area contributed by atoms with Crippen molar-refractivity contribution in [1.29, 1.82) is 0 Å². The molecule has 1 heterocycles. The Morgan fingerprint density at radius 3 is 2.68 bits per heavy atom. The molecule has 3 rings (SSSR count). The summed E-state index contributed by atoms with van der Waals surface area (Å²) in [5.41, 5.74) is 2.00. The fourth-order valence-electron chi connectivity index (χ4n) is 2.20. The molecule has 0 amide bonds. The Bertz CT molecular complexity index is 549. The summed E-state index contributed by atoms with van der Waals surface area (Å²) in [6, 6.07) is 10.1. The van der Waals surface area contributed by atoms with Crippen LogP contribution in [0.15, 0.2) is 30.3 Å². The van der Waals surface area contributed by atoms with Gasteiger partial charge in [-0.1, -0.05) is 41.7 Å². The van der Waals surface area contributed by atoms with Crippen molar-refractivity contribution < 1.29 is 5.11 Å². The standard InChI is InChI=1S/C15H18N2OS/c1-17(9-11-7-8-11)15-16-14(13(10-18)19-15)12-5-3-2-4-6-12/h2-6,11,18H,7-10H2,1H3. The SMILES string of the molecule is CN(CC1CC1)c1nc(-c2ccccc2)c(CO)s1. The van der Waals surface area contributed by atoms with E-state index in [9.17, 15) is 5.11 Å². The number of aromatic nitrogens is 1. The molecule has 2 aromatic rings. The predicted molar refractivity (Wildman–Crippen MR) is 79.5 cm³/mol. The molecule has 1 aromatic heterocycles. The molecule has 0 unspecified atom stereocenters. The molecule has 1 aliphatic carbocycles. The Morgan fingerprint density at radius 1 is 1.32 bits per heavy atom. The van der Waals surface area contributed by atoms with Crippen LogP contribution in [-0.2, 0) is 6.61 Å². The summed E-state index contributed by atoms with van der Waals surface area (Å²) >= 11 is 1.60. The second-order valence-corrected chi connectivity index (χ2v) is 6.18. The van der Waals surface area contributed by atoms with E-state index >= 15 is 0 Å². The highest BCUT2D eigenvalue weighted by atomic mass is 32.1. The quantitative estimate of drug-likeness (QED) is 0.910. The van der Waals surface area contributed by atoms with Crippen molar-refractivity contribution in [3.05, 3.63) is 35.2 Å². The van der Waals surface area contributed by atoms with Gasteiger partial charge in [0.15, 0.2) is 5.13 Å². The van der Waals surface area contributed by atoms with Gasteiger partial charge in [0.05, 0.1) is 17.2 Å². The number of aliphatic hydroxyl groups is 1. The summed E-state index contributed by atoms with van der Waals surface area (Å²) in [7, 11) is 2.09. The first kappa shape index (κ1) is 12.6. The Labute approximate surface area is 117 Å². The zero-order valence-corrected chi connectivity index (χ0v) is 11.9. The normalized spacial score (nSPS) is 14.6. The number of rotatable bonds is 5. The monoisotopic (exact) mass is 274 g/mol. The van der Waals surface area contributed by atoms with Crippen LogP contribution in [0, 0.1) is 5.92 Å². The minimum atomic E-state index is 0.0547. The maximum Gasteiger partial charge on any atom is 0.185 e. The maximum atomic E-state index is 9.52. The molecule has 0 radical (unpaired) electrons. The fourth-order valence-corrected chi connectivity index (χ4v) is 3.11. The Balaban J connectivity index is 1.89. The molecule has 1 aliphatic rings. The van der Waals surface area contributed by atoms with Crippen molar-refractivity contribution in [2.75, 3.05) is 18.5 Å². The number of anilines is 1. The smallest absolute Gasteiger partial charge is 0.185 e. The molecule has 3 nitrogen and oxygen atoms in total. The fraction of sp³-hybridized carbons (Fsp3) is 0.400. The van der Waals surface area contributed by atoms with Crippen LogP contribution in [-0.4, -0.2) is 23.7 Å². The van der Waals surface area contributed by atoms with Gasteiger partial charge in [0.2, 0.25) is 0 Å². The number of aliphatic hydroxyl groups excluding tert-OH is 1. The number of benzene rings is 1. The third-order valence-corrected chi connectivity index (χ3v) is 4.59. The number of thiazole rings is 1. The van der Waals surface area contributed by atoms with Crippen LogP contribution in [0.2, 0.25) is 0 Å². The van der Waals surface area contributed by atoms with E-state index in [0.29, 0.717) is 0 Å². The van der Waals surface area contributed by atoms with E-state index in [1.807, 2.05) is 30.3 Å². The molecule has 0 bridgehead atoms.